The number of nitrogens with zero attached hydrogens (tertiary/aromatic N) is 5. The first-order valence-electron chi connectivity index (χ1n) is 9.98. The maximum Gasteiger partial charge on any atom is 0.237 e. The molecule has 0 N–H and O–H groups in total. The molecule has 0 unspecified atom stereocenters. The predicted octanol–water partition coefficient (Wildman–Crippen LogP) is 5.36. The Labute approximate surface area is 198 Å². The summed E-state index contributed by atoms with van der Waals surface area (Å²) in [5.74, 6) is 3.71. The minimum absolute atomic E-state index is 0.456. The number of ether oxygens (including phenoxy) is 2. The van der Waals surface area contributed by atoms with Crippen LogP contribution in [0.2, 0.25) is 0 Å². The summed E-state index contributed by atoms with van der Waals surface area (Å²) in [6.07, 6.45) is 0. The van der Waals surface area contributed by atoms with E-state index in [2.05, 4.69) is 20.3 Å². The Morgan fingerprint density at radius 1 is 1.00 bits per heavy atom. The Hall–Kier alpha value is -3.63. The highest BCUT2D eigenvalue weighted by molar-refractivity contribution is 7.98. The Morgan fingerprint density at radius 2 is 1.85 bits per heavy atom. The number of para-hydroxylation sites is 1. The molecule has 0 fully saturated rings. The molecule has 0 bridgehead atoms. The van der Waals surface area contributed by atoms with Crippen LogP contribution in [0.3, 0.4) is 0 Å². The molecule has 5 aromatic rings. The molecule has 33 heavy (non-hydrogen) atoms. The average molecular weight is 478 g/mol. The van der Waals surface area contributed by atoms with E-state index in [1.54, 1.807) is 25.6 Å². The fraction of sp³-hybridized carbons (Fsp3) is 0.130. The summed E-state index contributed by atoms with van der Waals surface area (Å²) in [4.78, 5) is 4.50. The highest BCUT2D eigenvalue weighted by atomic mass is 32.2. The molecule has 10 heteroatoms. The summed E-state index contributed by atoms with van der Waals surface area (Å²) in [5, 5.41) is 17.7. The summed E-state index contributed by atoms with van der Waals surface area (Å²) in [6, 6.07) is 17.4. The lowest BCUT2D eigenvalue weighted by Gasteiger charge is -2.12. The van der Waals surface area contributed by atoms with Crippen molar-refractivity contribution in [3.05, 3.63) is 71.2 Å². The zero-order valence-corrected chi connectivity index (χ0v) is 19.5. The summed E-state index contributed by atoms with van der Waals surface area (Å²) in [6.45, 7) is 0. The van der Waals surface area contributed by atoms with E-state index in [9.17, 15) is 0 Å². The molecule has 0 saturated carbocycles. The Morgan fingerprint density at radius 3 is 2.61 bits per heavy atom. The molecule has 0 aliphatic carbocycles. The molecule has 0 spiro atoms. The first-order valence-corrected chi connectivity index (χ1v) is 11.9. The van der Waals surface area contributed by atoms with E-state index in [-0.39, 0.29) is 0 Å². The second-order valence-corrected chi connectivity index (χ2v) is 8.57. The van der Waals surface area contributed by atoms with Crippen molar-refractivity contribution in [3.63, 3.8) is 0 Å². The van der Waals surface area contributed by atoms with E-state index in [4.69, 9.17) is 14.0 Å². The van der Waals surface area contributed by atoms with Crippen molar-refractivity contribution in [1.82, 2.24) is 24.9 Å². The van der Waals surface area contributed by atoms with Gasteiger partial charge in [-0.25, -0.2) is 0 Å². The number of rotatable bonds is 8. The minimum atomic E-state index is 0.456. The van der Waals surface area contributed by atoms with Gasteiger partial charge >= 0.3 is 0 Å². The van der Waals surface area contributed by atoms with Gasteiger partial charge in [-0.05, 0) is 47.8 Å². The average Bonchev–Trinajstić information content (AvgIpc) is 3.63. The van der Waals surface area contributed by atoms with Gasteiger partial charge in [0.25, 0.3) is 0 Å². The van der Waals surface area contributed by atoms with Crippen LogP contribution >= 0.6 is 23.1 Å². The van der Waals surface area contributed by atoms with Gasteiger partial charge in [0.1, 0.15) is 11.5 Å². The van der Waals surface area contributed by atoms with E-state index in [0.717, 1.165) is 22.6 Å². The maximum atomic E-state index is 5.56. The lowest BCUT2D eigenvalue weighted by molar-refractivity contribution is 0.391. The number of hydrogen-bond donors (Lipinski definition) is 0. The highest BCUT2D eigenvalue weighted by Crippen LogP contribution is 2.34. The molecule has 2 aromatic carbocycles. The summed E-state index contributed by atoms with van der Waals surface area (Å²) < 4.78 is 18.3. The van der Waals surface area contributed by atoms with Crippen molar-refractivity contribution >= 4 is 23.1 Å². The molecule has 0 saturated heterocycles. The van der Waals surface area contributed by atoms with Crippen LogP contribution in [0.15, 0.2) is 75.0 Å². The van der Waals surface area contributed by atoms with Crippen LogP contribution in [0.5, 0.6) is 11.5 Å². The molecule has 0 aliphatic heterocycles. The second-order valence-electron chi connectivity index (χ2n) is 6.85. The lowest BCUT2D eigenvalue weighted by Crippen LogP contribution is -2.01. The third kappa shape index (κ3) is 4.35. The number of hydrogen-bond acceptors (Lipinski definition) is 9. The molecule has 3 heterocycles. The zero-order chi connectivity index (χ0) is 22.6. The quantitative estimate of drug-likeness (QED) is 0.276. The van der Waals surface area contributed by atoms with Gasteiger partial charge in [-0.3, -0.25) is 4.57 Å². The van der Waals surface area contributed by atoms with Gasteiger partial charge < -0.3 is 14.0 Å². The normalized spacial score (nSPS) is 11.0. The molecule has 0 atom stereocenters. The Kier molecular flexibility index (Phi) is 6.09. The van der Waals surface area contributed by atoms with Crippen LogP contribution in [-0.2, 0) is 5.75 Å². The lowest BCUT2D eigenvalue weighted by atomic mass is 10.2. The minimum Gasteiger partial charge on any atom is -0.497 e. The second kappa shape index (κ2) is 9.47. The SMILES string of the molecule is COc1ccc(-n2c(SCc3nc(-c4ccsc4)no3)nnc2-c2ccccc2OC)cc1. The van der Waals surface area contributed by atoms with Gasteiger partial charge in [0.05, 0.1) is 31.2 Å². The van der Waals surface area contributed by atoms with E-state index in [1.807, 2.05) is 69.9 Å². The van der Waals surface area contributed by atoms with E-state index < -0.39 is 0 Å². The summed E-state index contributed by atoms with van der Waals surface area (Å²) in [7, 11) is 3.29. The van der Waals surface area contributed by atoms with Crippen molar-refractivity contribution in [3.8, 4) is 40.0 Å². The molecule has 166 valence electrons. The predicted molar refractivity (Wildman–Crippen MR) is 127 cm³/mol. The molecule has 0 radical (unpaired) electrons. The zero-order valence-electron chi connectivity index (χ0n) is 17.8. The first kappa shape index (κ1) is 21.2. The molecule has 5 rings (SSSR count). The number of thioether (sulfide) groups is 1. The Balaban J connectivity index is 1.49. The van der Waals surface area contributed by atoms with Crippen LogP contribution in [0.1, 0.15) is 5.89 Å². The van der Waals surface area contributed by atoms with Crippen molar-refractivity contribution in [2.24, 2.45) is 0 Å². The van der Waals surface area contributed by atoms with E-state index in [1.165, 1.54) is 11.8 Å². The topological polar surface area (TPSA) is 88.1 Å². The van der Waals surface area contributed by atoms with Gasteiger partial charge in [-0.2, -0.15) is 16.3 Å². The molecule has 0 aliphatic rings. The van der Waals surface area contributed by atoms with E-state index >= 15 is 0 Å². The molecule has 3 aromatic heterocycles. The summed E-state index contributed by atoms with van der Waals surface area (Å²) in [5.41, 5.74) is 2.68. The molecular weight excluding hydrogens is 458 g/mol. The number of benzene rings is 2. The van der Waals surface area contributed by atoms with Crippen LogP contribution in [0.4, 0.5) is 0 Å². The fourth-order valence-electron chi connectivity index (χ4n) is 3.28. The van der Waals surface area contributed by atoms with Crippen molar-refractivity contribution < 1.29 is 14.0 Å². The third-order valence-electron chi connectivity index (χ3n) is 4.88. The van der Waals surface area contributed by atoms with Crippen molar-refractivity contribution in [2.75, 3.05) is 14.2 Å². The van der Waals surface area contributed by atoms with Crippen molar-refractivity contribution in [1.29, 1.82) is 0 Å². The Bertz CT molecular complexity index is 1350. The third-order valence-corrected chi connectivity index (χ3v) is 6.48. The molecular formula is C23H19N5O3S2. The number of thiophene rings is 1. The largest absolute Gasteiger partial charge is 0.497 e. The molecule has 0 amide bonds. The van der Waals surface area contributed by atoms with Gasteiger partial charge in [-0.15, -0.1) is 10.2 Å². The van der Waals surface area contributed by atoms with Crippen molar-refractivity contribution in [2.45, 2.75) is 10.9 Å². The van der Waals surface area contributed by atoms with Gasteiger partial charge in [0.15, 0.2) is 11.0 Å². The number of methoxy groups -OCH3 is 2. The smallest absolute Gasteiger partial charge is 0.237 e. The fourth-order valence-corrected chi connectivity index (χ4v) is 4.70. The standard InChI is InChI=1S/C23H19N5O3S2/c1-29-17-9-7-16(8-10-17)28-22(18-5-3-4-6-19(18)30-2)25-26-23(28)33-14-20-24-21(27-31-20)15-11-12-32-13-15/h3-13H,14H2,1-2H3. The monoisotopic (exact) mass is 477 g/mol. The maximum absolute atomic E-state index is 5.56. The van der Waals surface area contributed by atoms with Crippen LogP contribution < -0.4 is 9.47 Å². The highest BCUT2D eigenvalue weighted by Gasteiger charge is 2.20. The molecule has 8 nitrogen and oxygen atoms in total. The van der Waals surface area contributed by atoms with Crippen LogP contribution in [0, 0.1) is 0 Å². The van der Waals surface area contributed by atoms with Gasteiger partial charge in [-0.1, -0.05) is 29.1 Å². The van der Waals surface area contributed by atoms with Gasteiger partial charge in [0, 0.05) is 10.9 Å². The summed E-state index contributed by atoms with van der Waals surface area (Å²) >= 11 is 3.06. The van der Waals surface area contributed by atoms with Gasteiger partial charge in [0.2, 0.25) is 11.7 Å². The first-order chi connectivity index (χ1) is 16.3. The van der Waals surface area contributed by atoms with Crippen LogP contribution in [0.25, 0.3) is 28.5 Å². The van der Waals surface area contributed by atoms with Crippen LogP contribution in [-0.4, -0.2) is 39.1 Å². The number of aromatic nitrogens is 5. The van der Waals surface area contributed by atoms with E-state index in [0.29, 0.717) is 34.2 Å².